The largest absolute Gasteiger partial charge is 0.340 e. The van der Waals surface area contributed by atoms with E-state index in [9.17, 15) is 0 Å². The average molecular weight is 289 g/mol. The Hall–Kier alpha value is -2.57. The van der Waals surface area contributed by atoms with Gasteiger partial charge in [-0.2, -0.15) is 5.26 Å². The van der Waals surface area contributed by atoms with Gasteiger partial charge < -0.3 is 9.88 Å². The van der Waals surface area contributed by atoms with Gasteiger partial charge in [-0.3, -0.25) is 0 Å². The van der Waals surface area contributed by atoms with Crippen molar-refractivity contribution < 1.29 is 0 Å². The van der Waals surface area contributed by atoms with E-state index in [2.05, 4.69) is 52.5 Å². The molecule has 0 radical (unpaired) electrons. The second kappa shape index (κ2) is 6.46. The molecule has 1 atom stereocenters. The Morgan fingerprint density at radius 3 is 2.68 bits per heavy atom. The van der Waals surface area contributed by atoms with E-state index >= 15 is 0 Å². The second-order valence-corrected chi connectivity index (χ2v) is 5.43. The highest BCUT2D eigenvalue weighted by molar-refractivity contribution is 5.81. The Bertz CT molecular complexity index is 796. The highest BCUT2D eigenvalue weighted by Gasteiger charge is 2.15. The van der Waals surface area contributed by atoms with Crippen molar-refractivity contribution in [3.8, 4) is 6.07 Å². The van der Waals surface area contributed by atoms with Crippen molar-refractivity contribution in [2.75, 3.05) is 13.6 Å². The molecule has 3 nitrogen and oxygen atoms in total. The molecule has 0 aliphatic carbocycles. The first-order valence-corrected chi connectivity index (χ1v) is 7.53. The maximum Gasteiger partial charge on any atom is 0.0992 e. The van der Waals surface area contributed by atoms with E-state index in [1.54, 1.807) is 0 Å². The second-order valence-electron chi connectivity index (χ2n) is 5.43. The minimum absolute atomic E-state index is 0.264. The number of nitrogens with one attached hydrogen (secondary N) is 1. The van der Waals surface area contributed by atoms with Gasteiger partial charge in [0.2, 0.25) is 0 Å². The standard InChI is InChI=1S/C19H19N3/c1-21-11-9-18(16-5-3-2-4-6-16)22-12-10-17-8-7-15(14-20)13-19(17)22/h2-8,10,12-13,18,21H,9,11H2,1H3. The van der Waals surface area contributed by atoms with Gasteiger partial charge in [0.1, 0.15) is 0 Å². The van der Waals surface area contributed by atoms with Crippen LogP contribution in [-0.4, -0.2) is 18.2 Å². The van der Waals surface area contributed by atoms with Gasteiger partial charge in [-0.25, -0.2) is 0 Å². The third-order valence-corrected chi connectivity index (χ3v) is 4.04. The van der Waals surface area contributed by atoms with Crippen LogP contribution in [0.2, 0.25) is 0 Å². The molecule has 0 saturated carbocycles. The Morgan fingerprint density at radius 1 is 1.14 bits per heavy atom. The monoisotopic (exact) mass is 289 g/mol. The van der Waals surface area contributed by atoms with E-state index in [1.807, 2.05) is 31.3 Å². The summed E-state index contributed by atoms with van der Waals surface area (Å²) in [5, 5.41) is 13.6. The maximum absolute atomic E-state index is 9.15. The normalized spacial score (nSPS) is 12.2. The predicted molar refractivity (Wildman–Crippen MR) is 89.8 cm³/mol. The summed E-state index contributed by atoms with van der Waals surface area (Å²) in [5.41, 5.74) is 3.11. The summed E-state index contributed by atoms with van der Waals surface area (Å²) in [4.78, 5) is 0. The number of rotatable bonds is 5. The fourth-order valence-electron chi connectivity index (χ4n) is 2.91. The Balaban J connectivity index is 2.09. The number of hydrogen-bond donors (Lipinski definition) is 1. The molecule has 0 bridgehead atoms. The van der Waals surface area contributed by atoms with Crippen molar-refractivity contribution in [1.29, 1.82) is 5.26 Å². The molecular formula is C19H19N3. The summed E-state index contributed by atoms with van der Waals surface area (Å²) < 4.78 is 2.28. The summed E-state index contributed by atoms with van der Waals surface area (Å²) in [6.07, 6.45) is 3.13. The molecule has 3 heteroatoms. The van der Waals surface area contributed by atoms with Crippen LogP contribution in [0.15, 0.2) is 60.8 Å². The zero-order chi connectivity index (χ0) is 15.4. The molecule has 22 heavy (non-hydrogen) atoms. The molecule has 0 spiro atoms. The topological polar surface area (TPSA) is 40.8 Å². The number of nitrogens with zero attached hydrogens (tertiary/aromatic N) is 2. The Morgan fingerprint density at radius 2 is 1.95 bits per heavy atom. The first-order chi connectivity index (χ1) is 10.8. The highest BCUT2D eigenvalue weighted by Crippen LogP contribution is 2.28. The van der Waals surface area contributed by atoms with Crippen molar-refractivity contribution >= 4 is 10.9 Å². The number of hydrogen-bond acceptors (Lipinski definition) is 2. The fourth-order valence-corrected chi connectivity index (χ4v) is 2.91. The molecule has 0 fully saturated rings. The third kappa shape index (κ3) is 2.74. The quantitative estimate of drug-likeness (QED) is 0.778. The minimum atomic E-state index is 0.264. The molecular weight excluding hydrogens is 270 g/mol. The van der Waals surface area contributed by atoms with Crippen LogP contribution < -0.4 is 5.32 Å². The molecule has 1 unspecified atom stereocenters. The lowest BCUT2D eigenvalue weighted by Crippen LogP contribution is -2.17. The highest BCUT2D eigenvalue weighted by atomic mass is 15.0. The van der Waals surface area contributed by atoms with Crippen LogP contribution in [0, 0.1) is 11.3 Å². The van der Waals surface area contributed by atoms with E-state index in [0.29, 0.717) is 5.56 Å². The van der Waals surface area contributed by atoms with E-state index in [1.165, 1.54) is 10.9 Å². The van der Waals surface area contributed by atoms with Crippen LogP contribution >= 0.6 is 0 Å². The molecule has 2 aromatic carbocycles. The number of benzene rings is 2. The number of nitriles is 1. The Kier molecular flexibility index (Phi) is 4.22. The average Bonchev–Trinajstić information content (AvgIpc) is 2.99. The van der Waals surface area contributed by atoms with E-state index < -0.39 is 0 Å². The smallest absolute Gasteiger partial charge is 0.0992 e. The van der Waals surface area contributed by atoms with Crippen LogP contribution in [0.1, 0.15) is 23.6 Å². The molecule has 3 rings (SSSR count). The molecule has 110 valence electrons. The SMILES string of the molecule is CNCCC(c1ccccc1)n1ccc2ccc(C#N)cc21. The lowest BCUT2D eigenvalue weighted by Gasteiger charge is -2.21. The molecule has 1 aromatic heterocycles. The summed E-state index contributed by atoms with van der Waals surface area (Å²) in [6.45, 7) is 0.942. The van der Waals surface area contributed by atoms with Crippen molar-refractivity contribution in [3.63, 3.8) is 0 Å². The molecule has 1 heterocycles. The fraction of sp³-hybridized carbons (Fsp3) is 0.211. The Labute approximate surface area is 130 Å². The van der Waals surface area contributed by atoms with Gasteiger partial charge in [0.15, 0.2) is 0 Å². The van der Waals surface area contributed by atoms with Crippen LogP contribution in [0.4, 0.5) is 0 Å². The van der Waals surface area contributed by atoms with Crippen molar-refractivity contribution in [1.82, 2.24) is 9.88 Å². The summed E-state index contributed by atoms with van der Waals surface area (Å²) in [6, 6.07) is 21.0. The molecule has 3 aromatic rings. The first-order valence-electron chi connectivity index (χ1n) is 7.53. The number of fused-ring (bicyclic) bond motifs is 1. The van der Waals surface area contributed by atoms with Crippen molar-refractivity contribution in [2.45, 2.75) is 12.5 Å². The van der Waals surface area contributed by atoms with Gasteiger partial charge in [0.05, 0.1) is 17.7 Å². The van der Waals surface area contributed by atoms with Gasteiger partial charge in [0, 0.05) is 11.7 Å². The van der Waals surface area contributed by atoms with Gasteiger partial charge in [-0.1, -0.05) is 36.4 Å². The molecule has 1 N–H and O–H groups in total. The zero-order valence-electron chi connectivity index (χ0n) is 12.7. The minimum Gasteiger partial charge on any atom is -0.340 e. The lowest BCUT2D eigenvalue weighted by atomic mass is 10.0. The lowest BCUT2D eigenvalue weighted by molar-refractivity contribution is 0.539. The molecule has 0 amide bonds. The van der Waals surface area contributed by atoms with Gasteiger partial charge in [0.25, 0.3) is 0 Å². The molecule has 0 aliphatic rings. The van der Waals surface area contributed by atoms with Crippen LogP contribution in [0.3, 0.4) is 0 Å². The van der Waals surface area contributed by atoms with E-state index in [4.69, 9.17) is 5.26 Å². The summed E-state index contributed by atoms with van der Waals surface area (Å²) in [7, 11) is 1.98. The zero-order valence-corrected chi connectivity index (χ0v) is 12.7. The van der Waals surface area contributed by atoms with Crippen molar-refractivity contribution in [2.24, 2.45) is 0 Å². The summed E-state index contributed by atoms with van der Waals surface area (Å²) in [5.74, 6) is 0. The van der Waals surface area contributed by atoms with E-state index in [-0.39, 0.29) is 6.04 Å². The molecule has 0 aliphatic heterocycles. The molecule has 0 saturated heterocycles. The van der Waals surface area contributed by atoms with E-state index in [0.717, 1.165) is 18.5 Å². The van der Waals surface area contributed by atoms with Gasteiger partial charge in [-0.05, 0) is 49.2 Å². The number of aromatic nitrogens is 1. The van der Waals surface area contributed by atoms with Crippen LogP contribution in [-0.2, 0) is 0 Å². The first kappa shape index (κ1) is 14.4. The summed E-state index contributed by atoms with van der Waals surface area (Å²) >= 11 is 0. The van der Waals surface area contributed by atoms with Crippen molar-refractivity contribution in [3.05, 3.63) is 71.9 Å². The van der Waals surface area contributed by atoms with Crippen LogP contribution in [0.25, 0.3) is 10.9 Å². The van der Waals surface area contributed by atoms with Gasteiger partial charge in [-0.15, -0.1) is 0 Å². The third-order valence-electron chi connectivity index (χ3n) is 4.04. The maximum atomic E-state index is 9.15. The predicted octanol–water partition coefficient (Wildman–Crippen LogP) is 3.71. The van der Waals surface area contributed by atoms with Gasteiger partial charge >= 0.3 is 0 Å². The van der Waals surface area contributed by atoms with Crippen LogP contribution in [0.5, 0.6) is 0 Å².